The maximum absolute atomic E-state index is 4.53. The van der Waals surface area contributed by atoms with Crippen LogP contribution in [0.15, 0.2) is 30.2 Å². The number of H-pyrrole nitrogens is 1. The highest BCUT2D eigenvalue weighted by molar-refractivity contribution is 8.02. The van der Waals surface area contributed by atoms with Gasteiger partial charge in [-0.25, -0.2) is 0 Å². The van der Waals surface area contributed by atoms with Crippen LogP contribution in [0.1, 0.15) is 41.9 Å². The molecule has 0 aromatic carbocycles. The molecule has 3 heterocycles. The summed E-state index contributed by atoms with van der Waals surface area (Å²) in [5.41, 5.74) is 3.52. The molecular weight excluding hydrogens is 270 g/mol. The van der Waals surface area contributed by atoms with E-state index in [0.29, 0.717) is 6.04 Å². The van der Waals surface area contributed by atoms with Crippen LogP contribution in [-0.4, -0.2) is 20.0 Å². The van der Waals surface area contributed by atoms with E-state index in [0.717, 1.165) is 11.4 Å². The molecule has 2 aromatic rings. The Morgan fingerprint density at radius 1 is 1.35 bits per heavy atom. The summed E-state index contributed by atoms with van der Waals surface area (Å²) in [4.78, 5) is 2.27. The minimum absolute atomic E-state index is 0.257. The largest absolute Gasteiger partial charge is 0.328 e. The van der Waals surface area contributed by atoms with Gasteiger partial charge in [0.15, 0.2) is 0 Å². The summed E-state index contributed by atoms with van der Waals surface area (Å²) in [5, 5.41) is 14.1. The molecule has 104 valence electrons. The standard InChI is InChI=1S/C14H17N5S/c1-10-13(8-15-17-10)14-18(5-6-20-14)12-7-16-19(9-12)11-3-2-4-11/h5-9,11,14H,2-4H2,1H3,(H,15,17). The van der Waals surface area contributed by atoms with Gasteiger partial charge in [-0.15, -0.1) is 11.8 Å². The average molecular weight is 287 g/mol. The van der Waals surface area contributed by atoms with Gasteiger partial charge in [0.05, 0.1) is 24.1 Å². The molecule has 0 spiro atoms. The molecule has 0 radical (unpaired) electrons. The van der Waals surface area contributed by atoms with Crippen molar-refractivity contribution in [3.8, 4) is 0 Å². The van der Waals surface area contributed by atoms with E-state index < -0.39 is 0 Å². The highest BCUT2D eigenvalue weighted by Crippen LogP contribution is 2.43. The fourth-order valence-electron chi connectivity index (χ4n) is 2.68. The molecular formula is C14H17N5S. The number of aryl methyl sites for hydroxylation is 1. The van der Waals surface area contributed by atoms with Crippen molar-refractivity contribution in [3.63, 3.8) is 0 Å². The van der Waals surface area contributed by atoms with Gasteiger partial charge in [-0.05, 0) is 31.6 Å². The molecule has 0 amide bonds. The molecule has 1 atom stereocenters. The van der Waals surface area contributed by atoms with E-state index in [-0.39, 0.29) is 5.37 Å². The minimum atomic E-state index is 0.257. The first-order chi connectivity index (χ1) is 9.83. The van der Waals surface area contributed by atoms with E-state index >= 15 is 0 Å². The third kappa shape index (κ3) is 1.86. The van der Waals surface area contributed by atoms with Crippen LogP contribution in [0.25, 0.3) is 0 Å². The lowest BCUT2D eigenvalue weighted by molar-refractivity contribution is 0.289. The molecule has 5 nitrogen and oxygen atoms in total. The van der Waals surface area contributed by atoms with Gasteiger partial charge in [0.25, 0.3) is 0 Å². The van der Waals surface area contributed by atoms with Gasteiger partial charge >= 0.3 is 0 Å². The maximum atomic E-state index is 4.53. The van der Waals surface area contributed by atoms with Crippen molar-refractivity contribution >= 4 is 17.4 Å². The summed E-state index contributed by atoms with van der Waals surface area (Å²) < 4.78 is 2.12. The van der Waals surface area contributed by atoms with Gasteiger partial charge in [-0.2, -0.15) is 10.2 Å². The first-order valence-corrected chi connectivity index (χ1v) is 7.92. The molecule has 0 saturated heterocycles. The Bertz CT molecular complexity index is 640. The summed E-state index contributed by atoms with van der Waals surface area (Å²) >= 11 is 1.80. The van der Waals surface area contributed by atoms with Gasteiger partial charge in [0.2, 0.25) is 0 Å². The van der Waals surface area contributed by atoms with Crippen LogP contribution in [0.4, 0.5) is 5.69 Å². The second kappa shape index (κ2) is 4.70. The molecule has 20 heavy (non-hydrogen) atoms. The normalized spacial score (nSPS) is 22.4. The number of anilines is 1. The SMILES string of the molecule is Cc1[nH]ncc1C1SC=CN1c1cnn(C2CCC2)c1. The average Bonchev–Trinajstić information content (AvgIpc) is 3.04. The van der Waals surface area contributed by atoms with Crippen molar-refractivity contribution < 1.29 is 0 Å². The monoisotopic (exact) mass is 287 g/mol. The summed E-state index contributed by atoms with van der Waals surface area (Å²) in [6.07, 6.45) is 12.0. The minimum Gasteiger partial charge on any atom is -0.328 e. The van der Waals surface area contributed by atoms with Gasteiger partial charge in [-0.3, -0.25) is 9.78 Å². The van der Waals surface area contributed by atoms with E-state index in [1.54, 1.807) is 11.8 Å². The number of aromatic amines is 1. The number of hydrogen-bond donors (Lipinski definition) is 1. The maximum Gasteiger partial charge on any atom is 0.112 e. The van der Waals surface area contributed by atoms with Crippen molar-refractivity contribution in [1.29, 1.82) is 0 Å². The Balaban J connectivity index is 1.61. The highest BCUT2D eigenvalue weighted by Gasteiger charge is 2.28. The van der Waals surface area contributed by atoms with Crippen LogP contribution in [-0.2, 0) is 0 Å². The number of thioether (sulfide) groups is 1. The molecule has 1 saturated carbocycles. The van der Waals surface area contributed by atoms with Crippen LogP contribution in [0.2, 0.25) is 0 Å². The second-order valence-corrected chi connectivity index (χ2v) is 6.39. The first kappa shape index (κ1) is 12.1. The number of nitrogens with zero attached hydrogens (tertiary/aromatic N) is 4. The van der Waals surface area contributed by atoms with Gasteiger partial charge in [0, 0.05) is 23.7 Å². The van der Waals surface area contributed by atoms with E-state index in [1.165, 1.54) is 24.8 Å². The molecule has 1 aliphatic carbocycles. The molecule has 1 fully saturated rings. The van der Waals surface area contributed by atoms with E-state index in [2.05, 4.69) is 49.6 Å². The number of nitrogens with one attached hydrogen (secondary N) is 1. The molecule has 1 unspecified atom stereocenters. The summed E-state index contributed by atoms with van der Waals surface area (Å²) in [6, 6.07) is 0.608. The predicted molar refractivity (Wildman–Crippen MR) is 80.4 cm³/mol. The molecule has 4 rings (SSSR count). The van der Waals surface area contributed by atoms with Gasteiger partial charge in [0.1, 0.15) is 5.37 Å². The molecule has 6 heteroatoms. The van der Waals surface area contributed by atoms with E-state index in [4.69, 9.17) is 0 Å². The Morgan fingerprint density at radius 2 is 2.25 bits per heavy atom. The summed E-state index contributed by atoms with van der Waals surface area (Å²) in [5.74, 6) is 0. The second-order valence-electron chi connectivity index (χ2n) is 5.39. The van der Waals surface area contributed by atoms with Crippen molar-refractivity contribution in [2.45, 2.75) is 37.6 Å². The van der Waals surface area contributed by atoms with Crippen LogP contribution in [0.3, 0.4) is 0 Å². The fraction of sp³-hybridized carbons (Fsp3) is 0.429. The quantitative estimate of drug-likeness (QED) is 0.940. The summed E-state index contributed by atoms with van der Waals surface area (Å²) in [6.45, 7) is 2.07. The smallest absolute Gasteiger partial charge is 0.112 e. The molecule has 2 aliphatic rings. The van der Waals surface area contributed by atoms with Crippen molar-refractivity contribution in [2.75, 3.05) is 4.90 Å². The zero-order valence-corrected chi connectivity index (χ0v) is 12.2. The summed E-state index contributed by atoms with van der Waals surface area (Å²) in [7, 11) is 0. The Kier molecular flexibility index (Phi) is 2.84. The highest BCUT2D eigenvalue weighted by atomic mass is 32.2. The van der Waals surface area contributed by atoms with Crippen molar-refractivity contribution in [1.82, 2.24) is 20.0 Å². The number of aromatic nitrogens is 4. The lowest BCUT2D eigenvalue weighted by Gasteiger charge is -2.26. The number of rotatable bonds is 3. The van der Waals surface area contributed by atoms with Crippen LogP contribution < -0.4 is 4.90 Å². The van der Waals surface area contributed by atoms with Gasteiger partial charge < -0.3 is 4.90 Å². The van der Waals surface area contributed by atoms with Crippen LogP contribution in [0.5, 0.6) is 0 Å². The van der Waals surface area contributed by atoms with E-state index in [1.807, 2.05) is 12.4 Å². The molecule has 2 aromatic heterocycles. The Labute approximate surface area is 122 Å². The topological polar surface area (TPSA) is 49.7 Å². The molecule has 0 bridgehead atoms. The predicted octanol–water partition coefficient (Wildman–Crippen LogP) is 3.36. The third-order valence-electron chi connectivity index (χ3n) is 4.15. The van der Waals surface area contributed by atoms with Crippen molar-refractivity contribution in [3.05, 3.63) is 41.5 Å². The zero-order valence-electron chi connectivity index (χ0n) is 11.4. The van der Waals surface area contributed by atoms with E-state index in [9.17, 15) is 0 Å². The first-order valence-electron chi connectivity index (χ1n) is 6.97. The Hall–Kier alpha value is -1.69. The Morgan fingerprint density at radius 3 is 2.95 bits per heavy atom. The van der Waals surface area contributed by atoms with Crippen LogP contribution >= 0.6 is 11.8 Å². The molecule has 1 aliphatic heterocycles. The lowest BCUT2D eigenvalue weighted by atomic mass is 9.93. The zero-order chi connectivity index (χ0) is 13.5. The third-order valence-corrected chi connectivity index (χ3v) is 5.17. The molecule has 1 N–H and O–H groups in total. The lowest BCUT2D eigenvalue weighted by Crippen LogP contribution is -2.18. The fourth-order valence-corrected chi connectivity index (χ4v) is 3.74. The van der Waals surface area contributed by atoms with Gasteiger partial charge in [-0.1, -0.05) is 0 Å². The number of hydrogen-bond acceptors (Lipinski definition) is 4. The van der Waals surface area contributed by atoms with Crippen LogP contribution in [0, 0.1) is 6.92 Å². The van der Waals surface area contributed by atoms with Crippen molar-refractivity contribution in [2.24, 2.45) is 0 Å².